The highest BCUT2D eigenvalue weighted by molar-refractivity contribution is 5.94. The van der Waals surface area contributed by atoms with E-state index in [0.717, 1.165) is 36.2 Å². The predicted molar refractivity (Wildman–Crippen MR) is 95.7 cm³/mol. The largest absolute Gasteiger partial charge is 0.345 e. The number of hydrogen-bond acceptors (Lipinski definition) is 4. The molecule has 1 aliphatic carbocycles. The van der Waals surface area contributed by atoms with E-state index in [1.807, 2.05) is 23.0 Å². The van der Waals surface area contributed by atoms with Crippen LogP contribution in [-0.4, -0.2) is 20.7 Å². The monoisotopic (exact) mass is 343 g/mol. The van der Waals surface area contributed by atoms with Crippen molar-refractivity contribution in [2.75, 3.05) is 0 Å². The van der Waals surface area contributed by atoms with Gasteiger partial charge >= 0.3 is 0 Å². The standard InChI is InChI=1S/C20H17N5O/c21-12-14-3-1-4-15(11-14)20(26)24-18-5-2-6-19-17(18)13-23-25(19)16-7-9-22-10-8-16/h1,3-4,7-11,13,18H,2,5-6H2,(H,24,26). The summed E-state index contributed by atoms with van der Waals surface area (Å²) in [6, 6.07) is 12.6. The highest BCUT2D eigenvalue weighted by atomic mass is 16.1. The molecule has 0 saturated carbocycles. The van der Waals surface area contributed by atoms with Crippen molar-refractivity contribution in [2.45, 2.75) is 25.3 Å². The second-order valence-electron chi connectivity index (χ2n) is 6.27. The number of hydrogen-bond donors (Lipinski definition) is 1. The second-order valence-corrected chi connectivity index (χ2v) is 6.27. The maximum absolute atomic E-state index is 12.6. The Labute approximate surface area is 151 Å². The molecule has 1 atom stereocenters. The van der Waals surface area contributed by atoms with Crippen molar-refractivity contribution in [2.24, 2.45) is 0 Å². The van der Waals surface area contributed by atoms with Crippen LogP contribution < -0.4 is 5.32 Å². The highest BCUT2D eigenvalue weighted by Crippen LogP contribution is 2.31. The van der Waals surface area contributed by atoms with Crippen molar-refractivity contribution in [3.05, 3.63) is 77.4 Å². The Morgan fingerprint density at radius 1 is 1.27 bits per heavy atom. The minimum absolute atomic E-state index is 0.0763. The third kappa shape index (κ3) is 2.95. The number of pyridine rings is 1. The van der Waals surface area contributed by atoms with E-state index < -0.39 is 0 Å². The van der Waals surface area contributed by atoms with Crippen LogP contribution in [0.4, 0.5) is 0 Å². The molecule has 0 aliphatic heterocycles. The van der Waals surface area contributed by atoms with Crippen LogP contribution in [0.15, 0.2) is 55.0 Å². The molecule has 3 aromatic rings. The molecule has 0 spiro atoms. The molecule has 0 bridgehead atoms. The van der Waals surface area contributed by atoms with Crippen LogP contribution >= 0.6 is 0 Å². The average molecular weight is 343 g/mol. The maximum Gasteiger partial charge on any atom is 0.251 e. The lowest BCUT2D eigenvalue weighted by molar-refractivity contribution is 0.0932. The van der Waals surface area contributed by atoms with Crippen molar-refractivity contribution < 1.29 is 4.79 Å². The number of carbonyl (C=O) groups excluding carboxylic acids is 1. The summed E-state index contributed by atoms with van der Waals surface area (Å²) in [5.74, 6) is -0.170. The number of amides is 1. The lowest BCUT2D eigenvalue weighted by Crippen LogP contribution is -2.31. The van der Waals surface area contributed by atoms with Gasteiger partial charge in [-0.25, -0.2) is 4.68 Å². The molecule has 4 rings (SSSR count). The van der Waals surface area contributed by atoms with Crippen LogP contribution in [0.5, 0.6) is 0 Å². The molecule has 2 heterocycles. The van der Waals surface area contributed by atoms with E-state index in [-0.39, 0.29) is 11.9 Å². The zero-order chi connectivity index (χ0) is 17.9. The zero-order valence-corrected chi connectivity index (χ0v) is 14.1. The van der Waals surface area contributed by atoms with Crippen LogP contribution in [0, 0.1) is 11.3 Å². The van der Waals surface area contributed by atoms with Crippen LogP contribution in [0.25, 0.3) is 5.69 Å². The summed E-state index contributed by atoms with van der Waals surface area (Å²) in [6.45, 7) is 0. The smallest absolute Gasteiger partial charge is 0.251 e. The number of benzene rings is 1. The van der Waals surface area contributed by atoms with Crippen molar-refractivity contribution >= 4 is 5.91 Å². The summed E-state index contributed by atoms with van der Waals surface area (Å²) >= 11 is 0. The summed E-state index contributed by atoms with van der Waals surface area (Å²) in [4.78, 5) is 16.7. The van der Waals surface area contributed by atoms with Crippen LogP contribution in [-0.2, 0) is 6.42 Å². The van der Waals surface area contributed by atoms with Gasteiger partial charge in [-0.2, -0.15) is 10.4 Å². The van der Waals surface area contributed by atoms with Gasteiger partial charge in [-0.05, 0) is 49.6 Å². The van der Waals surface area contributed by atoms with Gasteiger partial charge in [0.15, 0.2) is 0 Å². The number of fused-ring (bicyclic) bond motifs is 1. The third-order valence-electron chi connectivity index (χ3n) is 4.65. The van der Waals surface area contributed by atoms with Gasteiger partial charge in [-0.3, -0.25) is 9.78 Å². The highest BCUT2D eigenvalue weighted by Gasteiger charge is 2.26. The molecule has 1 amide bonds. The first kappa shape index (κ1) is 16.0. The Hall–Kier alpha value is -3.46. The van der Waals surface area contributed by atoms with Gasteiger partial charge in [-0.1, -0.05) is 6.07 Å². The molecule has 6 heteroatoms. The van der Waals surface area contributed by atoms with Gasteiger partial charge in [0.2, 0.25) is 0 Å². The van der Waals surface area contributed by atoms with Crippen LogP contribution in [0.2, 0.25) is 0 Å². The first-order valence-corrected chi connectivity index (χ1v) is 8.54. The molecular formula is C20H17N5O. The molecule has 1 aliphatic rings. The fourth-order valence-electron chi connectivity index (χ4n) is 3.39. The van der Waals surface area contributed by atoms with E-state index in [2.05, 4.69) is 21.5 Å². The molecule has 26 heavy (non-hydrogen) atoms. The number of rotatable bonds is 3. The minimum atomic E-state index is -0.170. The molecule has 1 unspecified atom stereocenters. The first-order valence-electron chi connectivity index (χ1n) is 8.54. The number of carbonyl (C=O) groups is 1. The van der Waals surface area contributed by atoms with Crippen LogP contribution in [0.1, 0.15) is 46.1 Å². The second kappa shape index (κ2) is 6.81. The number of nitriles is 1. The normalized spacial score (nSPS) is 15.7. The third-order valence-corrected chi connectivity index (χ3v) is 4.65. The van der Waals surface area contributed by atoms with Crippen molar-refractivity contribution in [3.63, 3.8) is 0 Å². The predicted octanol–water partition coefficient (Wildman–Crippen LogP) is 2.95. The van der Waals surface area contributed by atoms with Gasteiger partial charge in [0.05, 0.1) is 29.6 Å². The van der Waals surface area contributed by atoms with E-state index in [0.29, 0.717) is 11.1 Å². The summed E-state index contributed by atoms with van der Waals surface area (Å²) in [5, 5.41) is 16.6. The maximum atomic E-state index is 12.6. The molecule has 2 aromatic heterocycles. The number of nitrogens with one attached hydrogen (secondary N) is 1. The summed E-state index contributed by atoms with van der Waals surface area (Å²) < 4.78 is 1.92. The average Bonchev–Trinajstić information content (AvgIpc) is 3.14. The SMILES string of the molecule is N#Cc1cccc(C(=O)NC2CCCc3c2cnn3-c2ccncc2)c1. The van der Waals surface area contributed by atoms with E-state index in [1.165, 1.54) is 0 Å². The Balaban J connectivity index is 1.60. The van der Waals surface area contributed by atoms with Gasteiger partial charge < -0.3 is 5.32 Å². The summed E-state index contributed by atoms with van der Waals surface area (Å²) in [6.07, 6.45) is 8.10. The van der Waals surface area contributed by atoms with Gasteiger partial charge in [0.1, 0.15) is 0 Å². The quantitative estimate of drug-likeness (QED) is 0.792. The lowest BCUT2D eigenvalue weighted by atomic mass is 9.92. The molecule has 1 aromatic carbocycles. The molecule has 1 N–H and O–H groups in total. The molecule has 0 radical (unpaired) electrons. The lowest BCUT2D eigenvalue weighted by Gasteiger charge is -2.24. The minimum Gasteiger partial charge on any atom is -0.345 e. The fourth-order valence-corrected chi connectivity index (χ4v) is 3.39. The van der Waals surface area contributed by atoms with E-state index in [4.69, 9.17) is 5.26 Å². The van der Waals surface area contributed by atoms with Crippen molar-refractivity contribution in [3.8, 4) is 11.8 Å². The van der Waals surface area contributed by atoms with Gasteiger partial charge in [-0.15, -0.1) is 0 Å². The fraction of sp³-hybridized carbons (Fsp3) is 0.200. The van der Waals surface area contributed by atoms with E-state index in [9.17, 15) is 4.79 Å². The Kier molecular flexibility index (Phi) is 4.20. The molecular weight excluding hydrogens is 326 g/mol. The summed E-state index contributed by atoms with van der Waals surface area (Å²) in [5.41, 5.74) is 4.12. The zero-order valence-electron chi connectivity index (χ0n) is 14.1. The number of nitrogens with zero attached hydrogens (tertiary/aromatic N) is 4. The Morgan fingerprint density at radius 2 is 2.12 bits per heavy atom. The van der Waals surface area contributed by atoms with Crippen LogP contribution in [0.3, 0.4) is 0 Å². The Morgan fingerprint density at radius 3 is 2.92 bits per heavy atom. The first-order chi connectivity index (χ1) is 12.8. The van der Waals surface area contributed by atoms with Crippen molar-refractivity contribution in [1.29, 1.82) is 5.26 Å². The Bertz CT molecular complexity index is 987. The number of aromatic nitrogens is 3. The van der Waals surface area contributed by atoms with E-state index >= 15 is 0 Å². The van der Waals surface area contributed by atoms with Gasteiger partial charge in [0, 0.05) is 29.2 Å². The molecule has 0 saturated heterocycles. The molecule has 6 nitrogen and oxygen atoms in total. The topological polar surface area (TPSA) is 83.6 Å². The molecule has 0 fully saturated rings. The van der Waals surface area contributed by atoms with Crippen molar-refractivity contribution in [1.82, 2.24) is 20.1 Å². The summed E-state index contributed by atoms with van der Waals surface area (Å²) in [7, 11) is 0. The molecule has 128 valence electrons. The van der Waals surface area contributed by atoms with Gasteiger partial charge in [0.25, 0.3) is 5.91 Å². The van der Waals surface area contributed by atoms with E-state index in [1.54, 1.807) is 36.7 Å².